The highest BCUT2D eigenvalue weighted by Crippen LogP contribution is 2.26. The van der Waals surface area contributed by atoms with Crippen molar-refractivity contribution in [2.45, 2.75) is 20.2 Å². The molecule has 1 amide bonds. The number of nitrogens with two attached hydrogens (primary N) is 1. The van der Waals surface area contributed by atoms with Gasteiger partial charge in [0, 0.05) is 11.6 Å². The number of nitrogen functional groups attached to an aromatic ring is 1. The quantitative estimate of drug-likeness (QED) is 0.516. The number of hydrogen-bond donors (Lipinski definition) is 2. The molecule has 0 spiro atoms. The summed E-state index contributed by atoms with van der Waals surface area (Å²) in [6, 6.07) is 6.26. The van der Waals surface area contributed by atoms with E-state index in [1.165, 1.54) is 18.2 Å². The molecule has 1 aromatic carbocycles. The topological polar surface area (TPSA) is 90.4 Å². The summed E-state index contributed by atoms with van der Waals surface area (Å²) >= 11 is 0. The van der Waals surface area contributed by atoms with Gasteiger partial charge in [-0.15, -0.1) is 13.2 Å². The molecule has 120 valence electrons. The fourth-order valence-corrected chi connectivity index (χ4v) is 1.42. The molecule has 0 fully saturated rings. The van der Waals surface area contributed by atoms with Gasteiger partial charge < -0.3 is 9.26 Å². The van der Waals surface area contributed by atoms with Gasteiger partial charge in [0.15, 0.2) is 0 Å². The second kappa shape index (κ2) is 7.46. The van der Waals surface area contributed by atoms with Gasteiger partial charge >= 0.3 is 12.3 Å². The first kappa shape index (κ1) is 17.5. The number of hydrogen-bond acceptors (Lipinski definition) is 5. The van der Waals surface area contributed by atoms with E-state index in [-0.39, 0.29) is 17.2 Å². The van der Waals surface area contributed by atoms with Gasteiger partial charge in [0.1, 0.15) is 11.4 Å². The first-order valence-electron chi connectivity index (χ1n) is 6.23. The van der Waals surface area contributed by atoms with Crippen molar-refractivity contribution in [2.75, 3.05) is 0 Å². The van der Waals surface area contributed by atoms with Crippen molar-refractivity contribution >= 4 is 5.91 Å². The van der Waals surface area contributed by atoms with Crippen LogP contribution in [0.1, 0.15) is 24.4 Å². The van der Waals surface area contributed by atoms with Crippen LogP contribution < -0.4 is 16.0 Å². The van der Waals surface area contributed by atoms with E-state index in [4.69, 9.17) is 10.4 Å². The largest absolute Gasteiger partial charge is 0.573 e. The predicted octanol–water partition coefficient (Wildman–Crippen LogP) is 2.87. The van der Waals surface area contributed by atoms with E-state index >= 15 is 0 Å². The Kier molecular flexibility index (Phi) is 5.93. The first-order chi connectivity index (χ1) is 10.4. The van der Waals surface area contributed by atoms with Crippen LogP contribution in [0.5, 0.6) is 5.75 Å². The van der Waals surface area contributed by atoms with E-state index in [1.54, 1.807) is 0 Å². The lowest BCUT2D eigenvalue weighted by molar-refractivity contribution is -0.274. The Labute approximate surface area is 124 Å². The number of carbonyl (C=O) groups is 1. The third-order valence-corrected chi connectivity index (χ3v) is 2.25. The van der Waals surface area contributed by atoms with Crippen molar-refractivity contribution in [2.24, 2.45) is 5.84 Å². The monoisotopic (exact) mass is 317 g/mol. The SMILES string of the molecule is CC.NNC(=O)c1cc(-c2ccc(OC(F)(F)F)cc2)no1. The number of hydrazine groups is 1. The molecule has 0 aliphatic rings. The molecule has 6 nitrogen and oxygen atoms in total. The average Bonchev–Trinajstić information content (AvgIpc) is 2.97. The van der Waals surface area contributed by atoms with Crippen LogP contribution in [-0.2, 0) is 0 Å². The molecule has 0 saturated heterocycles. The van der Waals surface area contributed by atoms with Crippen molar-refractivity contribution < 1.29 is 27.2 Å². The summed E-state index contributed by atoms with van der Waals surface area (Å²) in [7, 11) is 0. The van der Waals surface area contributed by atoms with Crippen LogP contribution in [0.15, 0.2) is 34.9 Å². The number of amides is 1. The van der Waals surface area contributed by atoms with E-state index in [2.05, 4.69) is 9.89 Å². The van der Waals surface area contributed by atoms with Gasteiger partial charge in [-0.05, 0) is 24.3 Å². The number of alkyl halides is 3. The zero-order valence-corrected chi connectivity index (χ0v) is 11.8. The molecule has 0 radical (unpaired) electrons. The van der Waals surface area contributed by atoms with E-state index in [0.717, 1.165) is 12.1 Å². The summed E-state index contributed by atoms with van der Waals surface area (Å²) in [5.41, 5.74) is 2.60. The van der Waals surface area contributed by atoms with Gasteiger partial charge in [-0.2, -0.15) is 0 Å². The van der Waals surface area contributed by atoms with Gasteiger partial charge in [0.25, 0.3) is 0 Å². The fraction of sp³-hybridized carbons (Fsp3) is 0.231. The zero-order chi connectivity index (χ0) is 16.8. The Balaban J connectivity index is 0.00000116. The lowest BCUT2D eigenvalue weighted by Crippen LogP contribution is -2.29. The van der Waals surface area contributed by atoms with Crippen LogP contribution >= 0.6 is 0 Å². The maximum absolute atomic E-state index is 12.0. The van der Waals surface area contributed by atoms with Gasteiger partial charge in [0.05, 0.1) is 0 Å². The van der Waals surface area contributed by atoms with Crippen molar-refractivity contribution in [3.05, 3.63) is 36.1 Å². The summed E-state index contributed by atoms with van der Waals surface area (Å²) in [5.74, 6) is 3.78. The summed E-state index contributed by atoms with van der Waals surface area (Å²) in [5, 5.41) is 3.61. The Morgan fingerprint density at radius 3 is 2.36 bits per heavy atom. The number of nitrogens with one attached hydrogen (secondary N) is 1. The van der Waals surface area contributed by atoms with E-state index in [1.807, 2.05) is 19.3 Å². The summed E-state index contributed by atoms with van der Waals surface area (Å²) in [4.78, 5) is 11.2. The van der Waals surface area contributed by atoms with Gasteiger partial charge in [0.2, 0.25) is 5.76 Å². The lowest BCUT2D eigenvalue weighted by atomic mass is 10.1. The molecule has 0 saturated carbocycles. The minimum atomic E-state index is -4.75. The third kappa shape index (κ3) is 4.77. The zero-order valence-electron chi connectivity index (χ0n) is 11.8. The number of benzene rings is 1. The minimum Gasteiger partial charge on any atom is -0.406 e. The van der Waals surface area contributed by atoms with Crippen LogP contribution in [-0.4, -0.2) is 17.4 Å². The highest BCUT2D eigenvalue weighted by Gasteiger charge is 2.31. The molecule has 3 N–H and O–H groups in total. The smallest absolute Gasteiger partial charge is 0.406 e. The molecule has 0 aliphatic heterocycles. The maximum atomic E-state index is 12.0. The standard InChI is InChI=1S/C11H8F3N3O3.C2H6/c12-11(13,14)19-7-3-1-6(2-4-7)8-5-9(20-17-8)10(18)16-15;1-2/h1-5H,15H2,(H,16,18);1-2H3. The van der Waals surface area contributed by atoms with Crippen molar-refractivity contribution in [3.8, 4) is 17.0 Å². The van der Waals surface area contributed by atoms with Gasteiger partial charge in [-0.1, -0.05) is 19.0 Å². The number of aromatic nitrogens is 1. The van der Waals surface area contributed by atoms with E-state index in [9.17, 15) is 18.0 Å². The summed E-state index contributed by atoms with van der Waals surface area (Å²) < 4.78 is 44.4. The van der Waals surface area contributed by atoms with Crippen molar-refractivity contribution in [3.63, 3.8) is 0 Å². The lowest BCUT2D eigenvalue weighted by Gasteiger charge is -2.08. The Bertz CT molecular complexity index is 609. The fourth-order valence-electron chi connectivity index (χ4n) is 1.42. The van der Waals surface area contributed by atoms with Crippen LogP contribution in [0, 0.1) is 0 Å². The van der Waals surface area contributed by atoms with Gasteiger partial charge in [-0.3, -0.25) is 10.2 Å². The van der Waals surface area contributed by atoms with Crippen LogP contribution in [0.4, 0.5) is 13.2 Å². The molecule has 0 bridgehead atoms. The molecule has 1 aromatic heterocycles. The van der Waals surface area contributed by atoms with E-state index < -0.39 is 12.3 Å². The van der Waals surface area contributed by atoms with E-state index in [0.29, 0.717) is 5.56 Å². The second-order valence-corrected chi connectivity index (χ2v) is 3.62. The van der Waals surface area contributed by atoms with Crippen molar-refractivity contribution in [1.29, 1.82) is 0 Å². The first-order valence-corrected chi connectivity index (χ1v) is 6.23. The number of halogens is 3. The van der Waals surface area contributed by atoms with Crippen LogP contribution in [0.2, 0.25) is 0 Å². The number of nitrogens with zero attached hydrogens (tertiary/aromatic N) is 1. The number of carbonyl (C=O) groups excluding carboxylic acids is 1. The molecule has 1 heterocycles. The molecule has 9 heteroatoms. The number of ether oxygens (including phenoxy) is 1. The second-order valence-electron chi connectivity index (χ2n) is 3.62. The predicted molar refractivity (Wildman–Crippen MR) is 71.6 cm³/mol. The molecular formula is C13H14F3N3O3. The molecule has 0 atom stereocenters. The third-order valence-electron chi connectivity index (χ3n) is 2.25. The molecule has 0 aliphatic carbocycles. The molecule has 2 rings (SSSR count). The summed E-state index contributed by atoms with van der Waals surface area (Å²) in [6.45, 7) is 4.00. The molecule has 0 unspecified atom stereocenters. The highest BCUT2D eigenvalue weighted by molar-refractivity contribution is 5.91. The minimum absolute atomic E-state index is 0.113. The average molecular weight is 317 g/mol. The highest BCUT2D eigenvalue weighted by atomic mass is 19.4. The Morgan fingerprint density at radius 1 is 1.27 bits per heavy atom. The Morgan fingerprint density at radius 2 is 1.86 bits per heavy atom. The molecular weight excluding hydrogens is 303 g/mol. The van der Waals surface area contributed by atoms with Crippen LogP contribution in [0.25, 0.3) is 11.3 Å². The normalized spacial score (nSPS) is 10.5. The summed E-state index contributed by atoms with van der Waals surface area (Å²) in [6.07, 6.45) is -4.75. The van der Waals surface area contributed by atoms with Gasteiger partial charge in [-0.25, -0.2) is 5.84 Å². The molecule has 22 heavy (non-hydrogen) atoms. The maximum Gasteiger partial charge on any atom is 0.573 e. The number of rotatable bonds is 3. The molecule has 2 aromatic rings. The van der Waals surface area contributed by atoms with Crippen molar-refractivity contribution in [1.82, 2.24) is 10.6 Å². The Hall–Kier alpha value is -2.55. The van der Waals surface area contributed by atoms with Crippen LogP contribution in [0.3, 0.4) is 0 Å².